The Labute approximate surface area is 118 Å². The monoisotopic (exact) mass is 286 g/mol. The van der Waals surface area contributed by atoms with Gasteiger partial charge in [-0.2, -0.15) is 0 Å². The van der Waals surface area contributed by atoms with E-state index in [0.717, 1.165) is 6.42 Å². The van der Waals surface area contributed by atoms with Crippen molar-refractivity contribution in [1.29, 1.82) is 0 Å². The summed E-state index contributed by atoms with van der Waals surface area (Å²) in [5, 5.41) is 11.3. The molecule has 0 atom stereocenters. The summed E-state index contributed by atoms with van der Waals surface area (Å²) in [6, 6.07) is -0.280. The molecule has 3 amide bonds. The lowest BCUT2D eigenvalue weighted by Gasteiger charge is -2.22. The number of carboxylic acid groups (broad SMARTS) is 1. The molecule has 20 heavy (non-hydrogen) atoms. The molecule has 8 heteroatoms. The molecule has 1 rings (SSSR count). The summed E-state index contributed by atoms with van der Waals surface area (Å²) < 4.78 is 0. The van der Waals surface area contributed by atoms with Crippen molar-refractivity contribution in [1.82, 2.24) is 20.0 Å². The van der Waals surface area contributed by atoms with Gasteiger partial charge in [0, 0.05) is 40.3 Å². The lowest BCUT2D eigenvalue weighted by atomic mass is 10.4. The number of nitrogens with zero attached hydrogens (tertiary/aromatic N) is 3. The highest BCUT2D eigenvalue weighted by Gasteiger charge is 2.20. The summed E-state index contributed by atoms with van der Waals surface area (Å²) in [7, 11) is 3.26. The molecule has 1 fully saturated rings. The molecule has 1 heterocycles. The van der Waals surface area contributed by atoms with Crippen LogP contribution < -0.4 is 5.32 Å². The summed E-state index contributed by atoms with van der Waals surface area (Å²) >= 11 is 0. The van der Waals surface area contributed by atoms with E-state index in [4.69, 9.17) is 5.11 Å². The van der Waals surface area contributed by atoms with Crippen LogP contribution in [0.4, 0.5) is 4.79 Å². The van der Waals surface area contributed by atoms with E-state index < -0.39 is 5.97 Å². The third-order valence-electron chi connectivity index (χ3n) is 3.12. The first-order valence-corrected chi connectivity index (χ1v) is 6.57. The van der Waals surface area contributed by atoms with Crippen LogP contribution in [0.1, 0.15) is 6.42 Å². The number of hydrogen-bond acceptors (Lipinski definition) is 4. The number of hydrogen-bond donors (Lipinski definition) is 2. The number of carbonyl (C=O) groups excluding carboxylic acids is 2. The molecule has 0 radical (unpaired) electrons. The van der Waals surface area contributed by atoms with Crippen molar-refractivity contribution in [3.05, 3.63) is 0 Å². The number of urea groups is 1. The first-order chi connectivity index (χ1) is 9.40. The maximum Gasteiger partial charge on any atom is 0.317 e. The Morgan fingerprint density at radius 1 is 1.15 bits per heavy atom. The number of amides is 3. The molecule has 0 saturated carbocycles. The van der Waals surface area contributed by atoms with Gasteiger partial charge >= 0.3 is 12.0 Å². The van der Waals surface area contributed by atoms with Gasteiger partial charge in [0.2, 0.25) is 5.91 Å². The standard InChI is InChI=1S/C12H22N4O4/c1-14(2)10(17)8-13-12(20)16-5-3-4-15(6-7-16)9-11(18)19/h3-9H2,1-2H3,(H,13,20)(H,18,19). The lowest BCUT2D eigenvalue weighted by Crippen LogP contribution is -2.45. The molecule has 1 saturated heterocycles. The van der Waals surface area contributed by atoms with Gasteiger partial charge in [-0.25, -0.2) is 4.79 Å². The highest BCUT2D eigenvalue weighted by molar-refractivity contribution is 5.83. The molecule has 0 aromatic heterocycles. The Bertz CT molecular complexity index is 372. The van der Waals surface area contributed by atoms with Crippen LogP contribution in [0, 0.1) is 0 Å². The Morgan fingerprint density at radius 3 is 2.45 bits per heavy atom. The smallest absolute Gasteiger partial charge is 0.317 e. The van der Waals surface area contributed by atoms with Gasteiger partial charge in [-0.1, -0.05) is 0 Å². The number of nitrogens with one attached hydrogen (secondary N) is 1. The molecule has 1 aliphatic rings. The van der Waals surface area contributed by atoms with Gasteiger partial charge in [0.15, 0.2) is 0 Å². The van der Waals surface area contributed by atoms with E-state index >= 15 is 0 Å². The molecule has 8 nitrogen and oxygen atoms in total. The van der Waals surface area contributed by atoms with E-state index in [1.54, 1.807) is 23.9 Å². The molecule has 1 aliphatic heterocycles. The summed E-state index contributed by atoms with van der Waals surface area (Å²) in [5.74, 6) is -1.03. The van der Waals surface area contributed by atoms with Crippen molar-refractivity contribution in [3.8, 4) is 0 Å². The van der Waals surface area contributed by atoms with Crippen LogP contribution in [0.3, 0.4) is 0 Å². The molecule has 114 valence electrons. The van der Waals surface area contributed by atoms with Crippen LogP contribution in [-0.2, 0) is 9.59 Å². The second-order valence-corrected chi connectivity index (χ2v) is 4.96. The molecule has 0 aliphatic carbocycles. The number of aliphatic carboxylic acids is 1. The largest absolute Gasteiger partial charge is 0.480 e. The fourth-order valence-electron chi connectivity index (χ4n) is 1.94. The topological polar surface area (TPSA) is 93.2 Å². The highest BCUT2D eigenvalue weighted by Crippen LogP contribution is 2.03. The van der Waals surface area contributed by atoms with Crippen molar-refractivity contribution in [2.24, 2.45) is 0 Å². The van der Waals surface area contributed by atoms with Gasteiger partial charge in [-0.05, 0) is 6.42 Å². The fraction of sp³-hybridized carbons (Fsp3) is 0.750. The second-order valence-electron chi connectivity index (χ2n) is 4.96. The van der Waals surface area contributed by atoms with E-state index in [1.807, 2.05) is 0 Å². The molecular formula is C12H22N4O4. The minimum absolute atomic E-state index is 0.00538. The lowest BCUT2D eigenvalue weighted by molar-refractivity contribution is -0.138. The average molecular weight is 286 g/mol. The van der Waals surface area contributed by atoms with E-state index in [2.05, 4.69) is 5.32 Å². The van der Waals surface area contributed by atoms with E-state index in [-0.39, 0.29) is 25.0 Å². The Morgan fingerprint density at radius 2 is 1.85 bits per heavy atom. The predicted octanol–water partition coefficient (Wildman–Crippen LogP) is -1.12. The normalized spacial score (nSPS) is 16.4. The quantitative estimate of drug-likeness (QED) is 0.682. The zero-order valence-corrected chi connectivity index (χ0v) is 12.0. The second kappa shape index (κ2) is 7.68. The molecule has 0 bridgehead atoms. The average Bonchev–Trinajstić information content (AvgIpc) is 2.60. The third kappa shape index (κ3) is 5.43. The van der Waals surface area contributed by atoms with Gasteiger partial charge in [0.05, 0.1) is 13.1 Å². The van der Waals surface area contributed by atoms with Crippen LogP contribution >= 0.6 is 0 Å². The Kier molecular flexibility index (Phi) is 6.23. The maximum atomic E-state index is 11.9. The van der Waals surface area contributed by atoms with Crippen LogP contribution in [-0.4, -0.2) is 91.1 Å². The molecule has 0 aromatic rings. The maximum absolute atomic E-state index is 11.9. The summed E-state index contributed by atoms with van der Waals surface area (Å²) in [6.45, 7) is 2.19. The van der Waals surface area contributed by atoms with Gasteiger partial charge in [0.25, 0.3) is 0 Å². The molecular weight excluding hydrogens is 264 g/mol. The van der Waals surface area contributed by atoms with Gasteiger partial charge < -0.3 is 20.2 Å². The highest BCUT2D eigenvalue weighted by atomic mass is 16.4. The Balaban J connectivity index is 2.38. The van der Waals surface area contributed by atoms with Crippen molar-refractivity contribution in [2.75, 3.05) is 53.4 Å². The zero-order chi connectivity index (χ0) is 15.1. The molecule has 0 unspecified atom stereocenters. The first-order valence-electron chi connectivity index (χ1n) is 6.57. The third-order valence-corrected chi connectivity index (χ3v) is 3.12. The van der Waals surface area contributed by atoms with Crippen molar-refractivity contribution < 1.29 is 19.5 Å². The van der Waals surface area contributed by atoms with Crippen molar-refractivity contribution in [2.45, 2.75) is 6.42 Å². The van der Waals surface area contributed by atoms with Crippen LogP contribution in [0.25, 0.3) is 0 Å². The van der Waals surface area contributed by atoms with E-state index in [0.29, 0.717) is 26.2 Å². The fourth-order valence-corrected chi connectivity index (χ4v) is 1.94. The van der Waals surface area contributed by atoms with E-state index in [9.17, 15) is 14.4 Å². The predicted molar refractivity (Wildman–Crippen MR) is 72.4 cm³/mol. The number of carboxylic acids is 1. The SMILES string of the molecule is CN(C)C(=O)CNC(=O)N1CCCN(CC(=O)O)CC1. The first kappa shape index (κ1) is 16.2. The number of likely N-dealkylation sites (N-methyl/N-ethyl adjacent to an activating group) is 1. The summed E-state index contributed by atoms with van der Waals surface area (Å²) in [4.78, 5) is 38.8. The minimum atomic E-state index is -0.862. The summed E-state index contributed by atoms with van der Waals surface area (Å²) in [5.41, 5.74) is 0. The number of carbonyl (C=O) groups is 3. The summed E-state index contributed by atoms with van der Waals surface area (Å²) in [6.07, 6.45) is 0.725. The molecule has 2 N–H and O–H groups in total. The van der Waals surface area contributed by atoms with Gasteiger partial charge in [-0.15, -0.1) is 0 Å². The molecule has 0 spiro atoms. The van der Waals surface area contributed by atoms with Crippen LogP contribution in [0.15, 0.2) is 0 Å². The van der Waals surface area contributed by atoms with E-state index in [1.165, 1.54) is 4.90 Å². The van der Waals surface area contributed by atoms with Crippen molar-refractivity contribution in [3.63, 3.8) is 0 Å². The van der Waals surface area contributed by atoms with Crippen molar-refractivity contribution >= 4 is 17.9 Å². The van der Waals surface area contributed by atoms with Crippen LogP contribution in [0.5, 0.6) is 0 Å². The minimum Gasteiger partial charge on any atom is -0.480 e. The number of rotatable bonds is 4. The van der Waals surface area contributed by atoms with Gasteiger partial charge in [-0.3, -0.25) is 14.5 Å². The van der Waals surface area contributed by atoms with Crippen LogP contribution in [0.2, 0.25) is 0 Å². The zero-order valence-electron chi connectivity index (χ0n) is 12.0. The Hall–Kier alpha value is -1.83. The molecule has 0 aromatic carbocycles. The van der Waals surface area contributed by atoms with Gasteiger partial charge in [0.1, 0.15) is 0 Å².